The zero-order chi connectivity index (χ0) is 19.5. The van der Waals surface area contributed by atoms with Crippen LogP contribution >= 0.6 is 0 Å². The molecule has 2 aromatic carbocycles. The maximum atomic E-state index is 12.9. The lowest BCUT2D eigenvalue weighted by Gasteiger charge is -2.19. The Morgan fingerprint density at radius 2 is 1.79 bits per heavy atom. The molecule has 5 nitrogen and oxygen atoms in total. The molecule has 2 amide bonds. The van der Waals surface area contributed by atoms with Crippen LogP contribution in [-0.2, 0) is 0 Å². The van der Waals surface area contributed by atoms with Crippen molar-refractivity contribution in [2.75, 3.05) is 5.32 Å². The minimum Gasteiger partial charge on any atom is -0.459 e. The van der Waals surface area contributed by atoms with E-state index in [-0.39, 0.29) is 23.6 Å². The molecular weight excluding hydrogens is 352 g/mol. The number of furan rings is 1. The van der Waals surface area contributed by atoms with E-state index in [1.54, 1.807) is 24.3 Å². The molecule has 0 bridgehead atoms. The molecule has 1 aromatic heterocycles. The van der Waals surface area contributed by atoms with Gasteiger partial charge in [-0.2, -0.15) is 0 Å². The Morgan fingerprint density at radius 3 is 2.46 bits per heavy atom. The molecular formula is C23H22N2O3. The predicted molar refractivity (Wildman–Crippen MR) is 107 cm³/mol. The van der Waals surface area contributed by atoms with Crippen LogP contribution in [0.3, 0.4) is 0 Å². The highest BCUT2D eigenvalue weighted by molar-refractivity contribution is 6.04. The van der Waals surface area contributed by atoms with Crippen molar-refractivity contribution < 1.29 is 14.0 Å². The van der Waals surface area contributed by atoms with Crippen molar-refractivity contribution in [3.05, 3.63) is 89.4 Å². The topological polar surface area (TPSA) is 71.3 Å². The van der Waals surface area contributed by atoms with Gasteiger partial charge in [-0.15, -0.1) is 0 Å². The fraction of sp³-hybridized carbons (Fsp3) is 0.217. The van der Waals surface area contributed by atoms with E-state index in [0.717, 1.165) is 24.0 Å². The minimum absolute atomic E-state index is 0.0103. The summed E-state index contributed by atoms with van der Waals surface area (Å²) < 4.78 is 5.13. The van der Waals surface area contributed by atoms with E-state index in [1.165, 1.54) is 6.26 Å². The summed E-state index contributed by atoms with van der Waals surface area (Å²) in [6.07, 6.45) is 3.70. The molecule has 28 heavy (non-hydrogen) atoms. The molecule has 0 radical (unpaired) electrons. The van der Waals surface area contributed by atoms with Crippen LogP contribution in [0.5, 0.6) is 0 Å². The highest BCUT2D eigenvalue weighted by atomic mass is 16.3. The Bertz CT molecular complexity index is 976. The molecule has 142 valence electrons. The summed E-state index contributed by atoms with van der Waals surface area (Å²) in [5, 5.41) is 5.98. The van der Waals surface area contributed by atoms with Crippen LogP contribution in [0.2, 0.25) is 0 Å². The first-order valence-corrected chi connectivity index (χ1v) is 9.43. The number of carbonyl (C=O) groups excluding carboxylic acids is 2. The summed E-state index contributed by atoms with van der Waals surface area (Å²) in [6, 6.07) is 18.6. The Hall–Kier alpha value is -3.34. The van der Waals surface area contributed by atoms with Gasteiger partial charge in [0.15, 0.2) is 5.76 Å². The van der Waals surface area contributed by atoms with Gasteiger partial charge in [0.05, 0.1) is 12.3 Å². The zero-order valence-electron chi connectivity index (χ0n) is 15.6. The van der Waals surface area contributed by atoms with Crippen LogP contribution in [0.4, 0.5) is 5.69 Å². The molecule has 1 aliphatic carbocycles. The summed E-state index contributed by atoms with van der Waals surface area (Å²) in [5.41, 5.74) is 3.11. The maximum absolute atomic E-state index is 12.9. The number of amides is 2. The highest BCUT2D eigenvalue weighted by Gasteiger charge is 2.33. The van der Waals surface area contributed by atoms with Gasteiger partial charge in [0, 0.05) is 11.3 Å². The van der Waals surface area contributed by atoms with E-state index in [9.17, 15) is 9.59 Å². The summed E-state index contributed by atoms with van der Waals surface area (Å²) in [7, 11) is 0. The van der Waals surface area contributed by atoms with E-state index in [0.29, 0.717) is 17.2 Å². The number of hydrogen-bond acceptors (Lipinski definition) is 3. The Kier molecular flexibility index (Phi) is 4.98. The van der Waals surface area contributed by atoms with Crippen LogP contribution in [0.1, 0.15) is 50.9 Å². The lowest BCUT2D eigenvalue weighted by molar-refractivity contribution is 0.0930. The zero-order valence-corrected chi connectivity index (χ0v) is 15.6. The van der Waals surface area contributed by atoms with Crippen LogP contribution in [0.15, 0.2) is 71.3 Å². The quantitative estimate of drug-likeness (QED) is 0.656. The third-order valence-electron chi connectivity index (χ3n) is 5.03. The molecule has 1 unspecified atom stereocenters. The van der Waals surface area contributed by atoms with Crippen molar-refractivity contribution in [2.24, 2.45) is 5.92 Å². The van der Waals surface area contributed by atoms with Crippen molar-refractivity contribution in [3.8, 4) is 0 Å². The van der Waals surface area contributed by atoms with E-state index in [1.807, 2.05) is 43.3 Å². The number of rotatable bonds is 6. The van der Waals surface area contributed by atoms with Gasteiger partial charge in [-0.3, -0.25) is 9.59 Å². The predicted octanol–water partition coefficient (Wildman–Crippen LogP) is 4.72. The molecule has 1 heterocycles. The van der Waals surface area contributed by atoms with Gasteiger partial charge in [-0.1, -0.05) is 36.4 Å². The van der Waals surface area contributed by atoms with Crippen molar-refractivity contribution in [1.82, 2.24) is 5.32 Å². The summed E-state index contributed by atoms with van der Waals surface area (Å²) >= 11 is 0. The number of carbonyl (C=O) groups is 2. The van der Waals surface area contributed by atoms with Crippen molar-refractivity contribution in [3.63, 3.8) is 0 Å². The van der Waals surface area contributed by atoms with Crippen molar-refractivity contribution in [1.29, 1.82) is 0 Å². The van der Waals surface area contributed by atoms with Gasteiger partial charge in [-0.05, 0) is 61.1 Å². The van der Waals surface area contributed by atoms with Gasteiger partial charge in [0.25, 0.3) is 11.8 Å². The van der Waals surface area contributed by atoms with Gasteiger partial charge >= 0.3 is 0 Å². The normalized spacial score (nSPS) is 14.3. The van der Waals surface area contributed by atoms with Crippen LogP contribution in [-0.4, -0.2) is 11.8 Å². The van der Waals surface area contributed by atoms with E-state index in [4.69, 9.17) is 4.42 Å². The average molecular weight is 374 g/mol. The first kappa shape index (κ1) is 18.0. The monoisotopic (exact) mass is 374 g/mol. The van der Waals surface area contributed by atoms with Gasteiger partial charge < -0.3 is 15.1 Å². The molecule has 5 heteroatoms. The van der Waals surface area contributed by atoms with Gasteiger partial charge in [-0.25, -0.2) is 0 Å². The number of hydrogen-bond donors (Lipinski definition) is 2. The van der Waals surface area contributed by atoms with Gasteiger partial charge in [0.2, 0.25) is 0 Å². The summed E-state index contributed by atoms with van der Waals surface area (Å²) in [6.45, 7) is 1.89. The third kappa shape index (κ3) is 3.98. The third-order valence-corrected chi connectivity index (χ3v) is 5.03. The molecule has 1 saturated carbocycles. The fourth-order valence-electron chi connectivity index (χ4n) is 3.28. The summed E-state index contributed by atoms with van der Waals surface area (Å²) in [5.74, 6) is 0.224. The molecule has 0 spiro atoms. The van der Waals surface area contributed by atoms with E-state index < -0.39 is 0 Å². The van der Waals surface area contributed by atoms with Crippen molar-refractivity contribution in [2.45, 2.75) is 25.8 Å². The second kappa shape index (κ2) is 7.72. The molecule has 1 aliphatic rings. The Labute approximate surface area is 163 Å². The second-order valence-corrected chi connectivity index (χ2v) is 7.16. The maximum Gasteiger partial charge on any atom is 0.291 e. The Balaban J connectivity index is 1.52. The Morgan fingerprint density at radius 1 is 1.00 bits per heavy atom. The molecule has 1 fully saturated rings. The smallest absolute Gasteiger partial charge is 0.291 e. The molecule has 2 N–H and O–H groups in total. The fourth-order valence-corrected chi connectivity index (χ4v) is 3.28. The first-order valence-electron chi connectivity index (χ1n) is 9.43. The molecule has 0 saturated heterocycles. The standard InChI is InChI=1S/C23H22N2O3/c1-15-9-10-18(14-19(15)24-23(27)20-8-5-13-28-20)22(26)25-21(17-11-12-17)16-6-3-2-4-7-16/h2-10,13-14,17,21H,11-12H2,1H3,(H,24,27)(H,25,26). The molecule has 0 aliphatic heterocycles. The van der Waals surface area contributed by atoms with E-state index in [2.05, 4.69) is 10.6 Å². The van der Waals surface area contributed by atoms with E-state index >= 15 is 0 Å². The number of nitrogens with one attached hydrogen (secondary N) is 2. The first-order chi connectivity index (χ1) is 13.6. The minimum atomic E-state index is -0.342. The number of anilines is 1. The molecule has 3 aromatic rings. The average Bonchev–Trinajstić information content (AvgIpc) is 3.40. The number of aryl methyl sites for hydroxylation is 1. The molecule has 1 atom stereocenters. The van der Waals surface area contributed by atoms with Gasteiger partial charge in [0.1, 0.15) is 0 Å². The second-order valence-electron chi connectivity index (χ2n) is 7.16. The molecule has 4 rings (SSSR count). The highest BCUT2D eigenvalue weighted by Crippen LogP contribution is 2.41. The number of benzene rings is 2. The largest absolute Gasteiger partial charge is 0.459 e. The lowest BCUT2D eigenvalue weighted by atomic mass is 10.0. The van der Waals surface area contributed by atoms with Crippen LogP contribution < -0.4 is 10.6 Å². The SMILES string of the molecule is Cc1ccc(C(=O)NC(c2ccccc2)C2CC2)cc1NC(=O)c1ccco1. The van der Waals surface area contributed by atoms with Crippen molar-refractivity contribution >= 4 is 17.5 Å². The lowest BCUT2D eigenvalue weighted by Crippen LogP contribution is -2.30. The van der Waals surface area contributed by atoms with Crippen LogP contribution in [0.25, 0.3) is 0 Å². The summed E-state index contributed by atoms with van der Waals surface area (Å²) in [4.78, 5) is 25.2. The van der Waals surface area contributed by atoms with Crippen LogP contribution in [0, 0.1) is 12.8 Å².